The van der Waals surface area contributed by atoms with Crippen LogP contribution >= 0.6 is 0 Å². The van der Waals surface area contributed by atoms with Crippen LogP contribution in [0.2, 0.25) is 0 Å². The van der Waals surface area contributed by atoms with Crippen molar-refractivity contribution in [1.29, 1.82) is 0 Å². The summed E-state index contributed by atoms with van der Waals surface area (Å²) in [5.41, 5.74) is 3.02. The molecule has 0 aromatic heterocycles. The Balaban J connectivity index is 1.54. The highest BCUT2D eigenvalue weighted by atomic mass is 14.4. The van der Waals surface area contributed by atoms with Gasteiger partial charge in [0.1, 0.15) is 0 Å². The minimum absolute atomic E-state index is 0.729. The first kappa shape index (κ1) is 17.3. The molecule has 0 heteroatoms. The SMILES string of the molecule is C=C(C)C1CCCCC1C(=C)C1CCC(C2CCCCC2)CC1. The molecule has 0 radical (unpaired) electrons. The Hall–Kier alpha value is -0.520. The highest BCUT2D eigenvalue weighted by molar-refractivity contribution is 5.15. The van der Waals surface area contributed by atoms with Crippen molar-refractivity contribution in [3.8, 4) is 0 Å². The Morgan fingerprint density at radius 1 is 0.609 bits per heavy atom. The summed E-state index contributed by atoms with van der Waals surface area (Å²) < 4.78 is 0. The molecule has 0 saturated heterocycles. The summed E-state index contributed by atoms with van der Waals surface area (Å²) in [7, 11) is 0. The minimum atomic E-state index is 0.729. The fourth-order valence-corrected chi connectivity index (χ4v) is 6.03. The van der Waals surface area contributed by atoms with Crippen LogP contribution < -0.4 is 0 Å². The lowest BCUT2D eigenvalue weighted by Crippen LogP contribution is -2.29. The van der Waals surface area contributed by atoms with Crippen molar-refractivity contribution in [3.05, 3.63) is 24.3 Å². The summed E-state index contributed by atoms with van der Waals surface area (Å²) in [5, 5.41) is 0. The predicted molar refractivity (Wildman–Crippen MR) is 101 cm³/mol. The summed E-state index contributed by atoms with van der Waals surface area (Å²) in [5.74, 6) is 4.41. The van der Waals surface area contributed by atoms with Gasteiger partial charge < -0.3 is 0 Å². The van der Waals surface area contributed by atoms with E-state index in [0.717, 1.165) is 29.6 Å². The van der Waals surface area contributed by atoms with Crippen LogP contribution in [0.25, 0.3) is 0 Å². The Kier molecular flexibility index (Phi) is 6.05. The van der Waals surface area contributed by atoms with Crippen LogP contribution in [0.1, 0.15) is 90.4 Å². The lowest BCUT2D eigenvalue weighted by atomic mass is 9.65. The van der Waals surface area contributed by atoms with Crippen molar-refractivity contribution in [3.63, 3.8) is 0 Å². The van der Waals surface area contributed by atoms with E-state index in [9.17, 15) is 0 Å². The second-order valence-electron chi connectivity index (χ2n) is 8.93. The number of allylic oxidation sites excluding steroid dienone is 2. The molecule has 0 amide bonds. The molecule has 130 valence electrons. The highest BCUT2D eigenvalue weighted by Gasteiger charge is 2.34. The van der Waals surface area contributed by atoms with Gasteiger partial charge in [0.05, 0.1) is 0 Å². The molecule has 0 aromatic carbocycles. The fourth-order valence-electron chi connectivity index (χ4n) is 6.03. The maximum atomic E-state index is 4.63. The van der Waals surface area contributed by atoms with Gasteiger partial charge in [-0.3, -0.25) is 0 Å². The Morgan fingerprint density at radius 3 is 1.74 bits per heavy atom. The third kappa shape index (κ3) is 4.12. The Morgan fingerprint density at radius 2 is 1.13 bits per heavy atom. The molecule has 3 saturated carbocycles. The molecule has 3 aliphatic carbocycles. The van der Waals surface area contributed by atoms with Crippen molar-refractivity contribution >= 4 is 0 Å². The van der Waals surface area contributed by atoms with E-state index in [1.807, 2.05) is 0 Å². The van der Waals surface area contributed by atoms with E-state index in [0.29, 0.717) is 0 Å². The van der Waals surface area contributed by atoms with E-state index in [1.54, 1.807) is 5.57 Å². The number of rotatable bonds is 4. The summed E-state index contributed by atoms with van der Waals surface area (Å²) in [4.78, 5) is 0. The lowest BCUT2D eigenvalue weighted by molar-refractivity contribution is 0.168. The average molecular weight is 315 g/mol. The third-order valence-corrected chi connectivity index (χ3v) is 7.49. The third-order valence-electron chi connectivity index (χ3n) is 7.49. The van der Waals surface area contributed by atoms with Crippen LogP contribution in [0, 0.1) is 29.6 Å². The van der Waals surface area contributed by atoms with E-state index in [4.69, 9.17) is 0 Å². The van der Waals surface area contributed by atoms with Gasteiger partial charge in [0.25, 0.3) is 0 Å². The predicted octanol–water partition coefficient (Wildman–Crippen LogP) is 7.31. The van der Waals surface area contributed by atoms with E-state index in [2.05, 4.69) is 20.1 Å². The fraction of sp³-hybridized carbons (Fsp3) is 0.826. The number of hydrogen-bond donors (Lipinski definition) is 0. The molecule has 0 heterocycles. The van der Waals surface area contributed by atoms with Crippen LogP contribution in [0.15, 0.2) is 24.3 Å². The monoisotopic (exact) mass is 314 g/mol. The van der Waals surface area contributed by atoms with E-state index in [1.165, 1.54) is 89.0 Å². The van der Waals surface area contributed by atoms with Crippen LogP contribution in [0.5, 0.6) is 0 Å². The second-order valence-corrected chi connectivity index (χ2v) is 8.93. The van der Waals surface area contributed by atoms with Crippen LogP contribution in [0.3, 0.4) is 0 Å². The number of hydrogen-bond acceptors (Lipinski definition) is 0. The van der Waals surface area contributed by atoms with Gasteiger partial charge in [-0.05, 0) is 75.0 Å². The van der Waals surface area contributed by atoms with E-state index < -0.39 is 0 Å². The van der Waals surface area contributed by atoms with Gasteiger partial charge in [0, 0.05) is 0 Å². The smallest absolute Gasteiger partial charge is 0.0138 e. The standard InChI is InChI=1S/C23H38/c1-17(2)22-11-7-8-12-23(22)18(3)19-13-15-21(16-14-19)20-9-5-4-6-10-20/h19-23H,1,3-16H2,2H3. The molecule has 0 aliphatic heterocycles. The Bertz CT molecular complexity index is 404. The normalized spacial score (nSPS) is 36.6. The van der Waals surface area contributed by atoms with Gasteiger partial charge in [0.15, 0.2) is 0 Å². The molecule has 0 nitrogen and oxygen atoms in total. The largest absolute Gasteiger partial charge is 0.0998 e. The molecule has 2 unspecified atom stereocenters. The summed E-state index contributed by atoms with van der Waals surface area (Å²) >= 11 is 0. The van der Waals surface area contributed by atoms with Crippen molar-refractivity contribution in [2.24, 2.45) is 29.6 Å². The Labute approximate surface area is 144 Å². The van der Waals surface area contributed by atoms with Crippen molar-refractivity contribution in [2.75, 3.05) is 0 Å². The molecule has 0 aromatic rings. The van der Waals surface area contributed by atoms with Gasteiger partial charge in [-0.15, -0.1) is 0 Å². The van der Waals surface area contributed by atoms with Crippen molar-refractivity contribution in [1.82, 2.24) is 0 Å². The molecular weight excluding hydrogens is 276 g/mol. The average Bonchev–Trinajstić information content (AvgIpc) is 2.62. The summed E-state index contributed by atoms with van der Waals surface area (Å²) in [6.45, 7) is 11.2. The van der Waals surface area contributed by atoms with Gasteiger partial charge in [0.2, 0.25) is 0 Å². The minimum Gasteiger partial charge on any atom is -0.0998 e. The first-order valence-corrected chi connectivity index (χ1v) is 10.5. The molecule has 23 heavy (non-hydrogen) atoms. The molecular formula is C23H38. The first-order chi connectivity index (χ1) is 11.2. The molecule has 0 bridgehead atoms. The van der Waals surface area contributed by atoms with Gasteiger partial charge in [-0.2, -0.15) is 0 Å². The van der Waals surface area contributed by atoms with Gasteiger partial charge in [-0.25, -0.2) is 0 Å². The molecule has 0 N–H and O–H groups in total. The quantitative estimate of drug-likeness (QED) is 0.477. The molecule has 3 aliphatic rings. The highest BCUT2D eigenvalue weighted by Crippen LogP contribution is 2.46. The maximum Gasteiger partial charge on any atom is -0.0138 e. The van der Waals surface area contributed by atoms with Gasteiger partial charge in [-0.1, -0.05) is 69.2 Å². The van der Waals surface area contributed by atoms with E-state index >= 15 is 0 Å². The molecule has 0 spiro atoms. The zero-order valence-corrected chi connectivity index (χ0v) is 15.5. The van der Waals surface area contributed by atoms with Gasteiger partial charge >= 0.3 is 0 Å². The second kappa shape index (κ2) is 8.04. The first-order valence-electron chi connectivity index (χ1n) is 10.5. The zero-order valence-electron chi connectivity index (χ0n) is 15.5. The van der Waals surface area contributed by atoms with Crippen LogP contribution in [-0.2, 0) is 0 Å². The van der Waals surface area contributed by atoms with Crippen LogP contribution in [0.4, 0.5) is 0 Å². The molecule has 3 rings (SSSR count). The lowest BCUT2D eigenvalue weighted by Gasteiger charge is -2.40. The van der Waals surface area contributed by atoms with Crippen molar-refractivity contribution < 1.29 is 0 Å². The molecule has 2 atom stereocenters. The van der Waals surface area contributed by atoms with E-state index in [-0.39, 0.29) is 0 Å². The summed E-state index contributed by atoms with van der Waals surface area (Å²) in [6.07, 6.45) is 18.9. The topological polar surface area (TPSA) is 0 Å². The van der Waals surface area contributed by atoms with Crippen molar-refractivity contribution in [2.45, 2.75) is 90.4 Å². The summed E-state index contributed by atoms with van der Waals surface area (Å²) in [6, 6.07) is 0. The maximum absolute atomic E-state index is 4.63. The zero-order chi connectivity index (χ0) is 16.2. The van der Waals surface area contributed by atoms with Crippen LogP contribution in [-0.4, -0.2) is 0 Å². The molecule has 3 fully saturated rings.